The molecule has 0 aliphatic heterocycles. The van der Waals surface area contributed by atoms with E-state index in [1.165, 1.54) is 0 Å². The van der Waals surface area contributed by atoms with Crippen molar-refractivity contribution in [2.75, 3.05) is 5.32 Å². The van der Waals surface area contributed by atoms with Gasteiger partial charge in [-0.15, -0.1) is 0 Å². The highest BCUT2D eigenvalue weighted by molar-refractivity contribution is 6.28. The first-order valence-electron chi connectivity index (χ1n) is 5.88. The third-order valence-electron chi connectivity index (χ3n) is 2.79. The van der Waals surface area contributed by atoms with E-state index >= 15 is 0 Å². The zero-order valence-corrected chi connectivity index (χ0v) is 10.8. The predicted octanol–water partition coefficient (Wildman–Crippen LogP) is 3.94. The largest absolute Gasteiger partial charge is 0.448 e. The van der Waals surface area contributed by atoms with E-state index in [-0.39, 0.29) is 0 Å². The van der Waals surface area contributed by atoms with Gasteiger partial charge in [0.05, 0.1) is 24.8 Å². The Balaban J connectivity index is 1.66. The molecule has 96 valence electrons. The monoisotopic (exact) mass is 273 g/mol. The van der Waals surface area contributed by atoms with E-state index in [2.05, 4.69) is 15.3 Å². The average molecular weight is 274 g/mol. The maximum atomic E-state index is 5.72. The summed E-state index contributed by atoms with van der Waals surface area (Å²) in [7, 11) is 0. The molecule has 0 saturated carbocycles. The van der Waals surface area contributed by atoms with E-state index in [4.69, 9.17) is 16.0 Å². The van der Waals surface area contributed by atoms with Gasteiger partial charge in [-0.1, -0.05) is 12.1 Å². The van der Waals surface area contributed by atoms with Crippen molar-refractivity contribution < 1.29 is 4.42 Å². The van der Waals surface area contributed by atoms with Gasteiger partial charge in [-0.2, -0.15) is 0 Å². The van der Waals surface area contributed by atoms with Crippen LogP contribution in [0.2, 0.25) is 5.22 Å². The molecule has 0 bridgehead atoms. The van der Waals surface area contributed by atoms with Crippen LogP contribution in [0.3, 0.4) is 0 Å². The zero-order valence-electron chi connectivity index (χ0n) is 10.1. The summed E-state index contributed by atoms with van der Waals surface area (Å²) in [6.45, 7) is 0.607. The highest BCUT2D eigenvalue weighted by Gasteiger charge is 2.01. The Morgan fingerprint density at radius 3 is 2.63 bits per heavy atom. The van der Waals surface area contributed by atoms with Crippen molar-refractivity contribution in [1.29, 1.82) is 0 Å². The molecule has 0 aliphatic rings. The first kappa shape index (κ1) is 11.9. The van der Waals surface area contributed by atoms with Crippen LogP contribution < -0.4 is 5.32 Å². The quantitative estimate of drug-likeness (QED) is 0.757. The molecule has 0 saturated heterocycles. The van der Waals surface area contributed by atoms with Crippen molar-refractivity contribution in [2.45, 2.75) is 6.54 Å². The molecule has 0 spiro atoms. The van der Waals surface area contributed by atoms with Crippen molar-refractivity contribution >= 4 is 17.3 Å². The van der Waals surface area contributed by atoms with E-state index in [1.54, 1.807) is 18.6 Å². The van der Waals surface area contributed by atoms with Gasteiger partial charge in [-0.3, -0.25) is 0 Å². The lowest BCUT2D eigenvalue weighted by Crippen LogP contribution is -1.97. The van der Waals surface area contributed by atoms with Crippen molar-refractivity contribution in [3.8, 4) is 11.3 Å². The molecular weight excluding hydrogens is 262 g/mol. The SMILES string of the molecule is Clc1ccc(CNc2ccc(-c3cnc[nH]3)cc2)o1. The number of benzene rings is 1. The Labute approximate surface area is 115 Å². The fourth-order valence-corrected chi connectivity index (χ4v) is 1.98. The molecule has 3 rings (SSSR count). The zero-order chi connectivity index (χ0) is 13.1. The van der Waals surface area contributed by atoms with Crippen LogP contribution in [0, 0.1) is 0 Å². The molecule has 0 aliphatic carbocycles. The van der Waals surface area contributed by atoms with Crippen molar-refractivity contribution in [3.63, 3.8) is 0 Å². The number of furan rings is 1. The van der Waals surface area contributed by atoms with Crippen LogP contribution in [0.15, 0.2) is 53.3 Å². The molecule has 2 N–H and O–H groups in total. The predicted molar refractivity (Wildman–Crippen MR) is 75.1 cm³/mol. The van der Waals surface area contributed by atoms with E-state index in [0.29, 0.717) is 11.8 Å². The van der Waals surface area contributed by atoms with Crippen LogP contribution in [-0.2, 0) is 6.54 Å². The lowest BCUT2D eigenvalue weighted by Gasteiger charge is -2.05. The van der Waals surface area contributed by atoms with Crippen LogP contribution in [-0.4, -0.2) is 9.97 Å². The number of hydrogen-bond donors (Lipinski definition) is 2. The van der Waals surface area contributed by atoms with Gasteiger partial charge in [0.1, 0.15) is 5.76 Å². The molecule has 5 heteroatoms. The van der Waals surface area contributed by atoms with Crippen LogP contribution in [0.5, 0.6) is 0 Å². The molecule has 0 unspecified atom stereocenters. The third-order valence-corrected chi connectivity index (χ3v) is 2.99. The number of aromatic nitrogens is 2. The molecule has 0 atom stereocenters. The normalized spacial score (nSPS) is 10.6. The lowest BCUT2D eigenvalue weighted by atomic mass is 10.1. The standard InChI is InChI=1S/C14H12ClN3O/c15-14-6-5-12(19-14)7-17-11-3-1-10(2-4-11)13-8-16-9-18-13/h1-6,8-9,17H,7H2,(H,16,18). The average Bonchev–Trinajstić information content (AvgIpc) is 3.08. The Bertz CT molecular complexity index is 644. The molecule has 2 aromatic heterocycles. The summed E-state index contributed by atoms with van der Waals surface area (Å²) in [5.74, 6) is 0.808. The van der Waals surface area contributed by atoms with Gasteiger partial charge in [-0.25, -0.2) is 4.98 Å². The third kappa shape index (κ3) is 2.80. The summed E-state index contributed by atoms with van der Waals surface area (Å²) in [5.41, 5.74) is 3.13. The Kier molecular flexibility index (Phi) is 3.25. The summed E-state index contributed by atoms with van der Waals surface area (Å²) >= 11 is 5.72. The van der Waals surface area contributed by atoms with Gasteiger partial charge in [0, 0.05) is 5.69 Å². The molecule has 3 aromatic rings. The Morgan fingerprint density at radius 1 is 1.16 bits per heavy atom. The minimum Gasteiger partial charge on any atom is -0.448 e. The maximum Gasteiger partial charge on any atom is 0.193 e. The number of anilines is 1. The highest BCUT2D eigenvalue weighted by atomic mass is 35.5. The van der Waals surface area contributed by atoms with Crippen molar-refractivity contribution in [2.24, 2.45) is 0 Å². The molecule has 4 nitrogen and oxygen atoms in total. The van der Waals surface area contributed by atoms with Gasteiger partial charge in [-0.05, 0) is 41.4 Å². The second-order valence-corrected chi connectivity index (χ2v) is 4.47. The Hall–Kier alpha value is -2.20. The molecule has 0 amide bonds. The van der Waals surface area contributed by atoms with E-state index in [0.717, 1.165) is 22.7 Å². The minimum absolute atomic E-state index is 0.409. The van der Waals surface area contributed by atoms with Crippen LogP contribution in [0.25, 0.3) is 11.3 Å². The summed E-state index contributed by atoms with van der Waals surface area (Å²) in [6.07, 6.45) is 3.47. The maximum absolute atomic E-state index is 5.72. The minimum atomic E-state index is 0.409. The van der Waals surface area contributed by atoms with Crippen LogP contribution >= 0.6 is 11.6 Å². The molecule has 2 heterocycles. The van der Waals surface area contributed by atoms with Crippen LogP contribution in [0.1, 0.15) is 5.76 Å². The van der Waals surface area contributed by atoms with Gasteiger partial charge < -0.3 is 14.7 Å². The van der Waals surface area contributed by atoms with E-state index < -0.39 is 0 Å². The number of imidazole rings is 1. The summed E-state index contributed by atoms with van der Waals surface area (Å²) < 4.78 is 5.28. The number of H-pyrrole nitrogens is 1. The van der Waals surface area contributed by atoms with Gasteiger partial charge in [0.25, 0.3) is 0 Å². The summed E-state index contributed by atoms with van der Waals surface area (Å²) in [6, 6.07) is 11.7. The fourth-order valence-electron chi connectivity index (χ4n) is 1.82. The lowest BCUT2D eigenvalue weighted by molar-refractivity contribution is 0.520. The first-order valence-corrected chi connectivity index (χ1v) is 6.26. The smallest absolute Gasteiger partial charge is 0.193 e. The second kappa shape index (κ2) is 5.20. The van der Waals surface area contributed by atoms with Gasteiger partial charge in [0.2, 0.25) is 0 Å². The molecule has 0 fully saturated rings. The van der Waals surface area contributed by atoms with E-state index in [9.17, 15) is 0 Å². The number of aromatic amines is 1. The number of rotatable bonds is 4. The van der Waals surface area contributed by atoms with Gasteiger partial charge in [0.15, 0.2) is 5.22 Å². The summed E-state index contributed by atoms with van der Waals surface area (Å²) in [5, 5.41) is 3.68. The topological polar surface area (TPSA) is 53.9 Å². The van der Waals surface area contributed by atoms with Crippen molar-refractivity contribution in [1.82, 2.24) is 9.97 Å². The van der Waals surface area contributed by atoms with E-state index in [1.807, 2.05) is 30.3 Å². The molecule has 0 radical (unpaired) electrons. The first-order chi connectivity index (χ1) is 9.31. The number of halogens is 1. The van der Waals surface area contributed by atoms with Gasteiger partial charge >= 0.3 is 0 Å². The number of hydrogen-bond acceptors (Lipinski definition) is 3. The number of nitrogens with one attached hydrogen (secondary N) is 2. The second-order valence-electron chi connectivity index (χ2n) is 4.10. The van der Waals surface area contributed by atoms with Crippen LogP contribution in [0.4, 0.5) is 5.69 Å². The fraction of sp³-hybridized carbons (Fsp3) is 0.0714. The molecular formula is C14H12ClN3O. The molecule has 1 aromatic carbocycles. The summed E-state index contributed by atoms with van der Waals surface area (Å²) in [4.78, 5) is 7.08. The van der Waals surface area contributed by atoms with Crippen molar-refractivity contribution in [3.05, 3.63) is 59.9 Å². The Morgan fingerprint density at radius 2 is 2.00 bits per heavy atom. The highest BCUT2D eigenvalue weighted by Crippen LogP contribution is 2.20. The molecule has 19 heavy (non-hydrogen) atoms. The number of nitrogens with zero attached hydrogens (tertiary/aromatic N) is 1.